The van der Waals surface area contributed by atoms with Crippen LogP contribution in [0.15, 0.2) is 24.3 Å². The van der Waals surface area contributed by atoms with E-state index in [9.17, 15) is 9.59 Å². The van der Waals surface area contributed by atoms with Crippen molar-refractivity contribution in [3.63, 3.8) is 0 Å². The van der Waals surface area contributed by atoms with Crippen molar-refractivity contribution in [2.24, 2.45) is 0 Å². The van der Waals surface area contributed by atoms with Gasteiger partial charge in [0.05, 0.1) is 19.8 Å². The van der Waals surface area contributed by atoms with Gasteiger partial charge in [0.1, 0.15) is 11.9 Å². The number of ketones is 1. The molecule has 0 aromatic heterocycles. The zero-order chi connectivity index (χ0) is 18.7. The van der Waals surface area contributed by atoms with Crippen LogP contribution in [0.1, 0.15) is 45.1 Å². The summed E-state index contributed by atoms with van der Waals surface area (Å²) in [6, 6.07) is 7.56. The van der Waals surface area contributed by atoms with Gasteiger partial charge < -0.3 is 14.2 Å². The highest BCUT2D eigenvalue weighted by Crippen LogP contribution is 2.24. The Bertz CT molecular complexity index is 529. The third kappa shape index (κ3) is 7.88. The van der Waals surface area contributed by atoms with E-state index < -0.39 is 6.10 Å². The van der Waals surface area contributed by atoms with Gasteiger partial charge in [-0.05, 0) is 38.0 Å². The number of Topliss-reactive ketones (excluding diaryl/α,β-unsaturated/α-hetero) is 1. The molecule has 1 aromatic rings. The van der Waals surface area contributed by atoms with Gasteiger partial charge in [-0.2, -0.15) is 0 Å². The molecule has 2 atom stereocenters. The molecule has 25 heavy (non-hydrogen) atoms. The van der Waals surface area contributed by atoms with Crippen LogP contribution >= 0.6 is 11.6 Å². The minimum atomic E-state index is -0.505. The maximum absolute atomic E-state index is 11.8. The number of benzene rings is 1. The molecule has 2 unspecified atom stereocenters. The molecule has 140 valence electrons. The van der Waals surface area contributed by atoms with E-state index in [1.807, 2.05) is 31.2 Å². The van der Waals surface area contributed by atoms with Crippen LogP contribution in [0, 0.1) is 0 Å². The fraction of sp³-hybridized carbons (Fsp3) is 0.579. The summed E-state index contributed by atoms with van der Waals surface area (Å²) in [6.45, 7) is 6.45. The molecule has 0 aliphatic rings. The van der Waals surface area contributed by atoms with Gasteiger partial charge in [-0.25, -0.2) is 0 Å². The highest BCUT2D eigenvalue weighted by Gasteiger charge is 2.23. The first-order chi connectivity index (χ1) is 12.0. The molecular weight excluding hydrogens is 344 g/mol. The molecule has 6 heteroatoms. The minimum Gasteiger partial charge on any atom is -0.494 e. The number of alkyl halides is 1. The van der Waals surface area contributed by atoms with Gasteiger partial charge in [0.2, 0.25) is 0 Å². The average molecular weight is 371 g/mol. The highest BCUT2D eigenvalue weighted by atomic mass is 35.5. The summed E-state index contributed by atoms with van der Waals surface area (Å²) in [7, 11) is 0. The van der Waals surface area contributed by atoms with Crippen molar-refractivity contribution < 1.29 is 23.8 Å². The lowest BCUT2D eigenvalue weighted by Crippen LogP contribution is -2.28. The predicted octanol–water partition coefficient (Wildman–Crippen LogP) is 3.73. The van der Waals surface area contributed by atoms with Crippen LogP contribution < -0.4 is 4.74 Å². The Morgan fingerprint density at radius 2 is 1.84 bits per heavy atom. The van der Waals surface area contributed by atoms with E-state index in [0.29, 0.717) is 38.5 Å². The molecule has 0 fully saturated rings. The molecule has 0 saturated heterocycles. The Kier molecular flexibility index (Phi) is 10.2. The highest BCUT2D eigenvalue weighted by molar-refractivity contribution is 6.18. The van der Waals surface area contributed by atoms with Crippen molar-refractivity contribution in [1.29, 1.82) is 0 Å². The van der Waals surface area contributed by atoms with Crippen molar-refractivity contribution in [3.8, 4) is 5.75 Å². The Morgan fingerprint density at radius 3 is 2.40 bits per heavy atom. The van der Waals surface area contributed by atoms with Crippen LogP contribution in [0.4, 0.5) is 0 Å². The molecule has 5 nitrogen and oxygen atoms in total. The quantitative estimate of drug-likeness (QED) is 0.319. The number of hydrogen-bond acceptors (Lipinski definition) is 5. The molecule has 0 saturated carbocycles. The summed E-state index contributed by atoms with van der Waals surface area (Å²) in [4.78, 5) is 23.0. The summed E-state index contributed by atoms with van der Waals surface area (Å²) >= 11 is 5.64. The molecule has 0 spiro atoms. The molecule has 0 radical (unpaired) electrons. The Hall–Kier alpha value is -1.59. The third-order valence-electron chi connectivity index (χ3n) is 3.73. The van der Waals surface area contributed by atoms with Crippen molar-refractivity contribution in [2.45, 2.75) is 45.6 Å². The number of carbonyl (C=O) groups is 2. The maximum Gasteiger partial charge on any atom is 0.305 e. The van der Waals surface area contributed by atoms with Gasteiger partial charge in [-0.3, -0.25) is 9.59 Å². The van der Waals surface area contributed by atoms with Crippen LogP contribution in [-0.2, 0) is 19.1 Å². The Balaban J connectivity index is 2.51. The molecular formula is C19H27ClO5. The maximum atomic E-state index is 11.8. The van der Waals surface area contributed by atoms with Crippen LogP contribution in [0.25, 0.3) is 0 Å². The first kappa shape index (κ1) is 21.5. The first-order valence-electron chi connectivity index (χ1n) is 8.56. The standard InChI is InChI=1S/C19H27ClO5/c1-4-23-18(22)6-5-12-24-17-9-7-16(8-10-17)14(2)19(15(3)21)25-13-11-20/h7-10,14,19H,4-6,11-13H2,1-3H3. The van der Waals surface area contributed by atoms with E-state index in [1.54, 1.807) is 6.92 Å². The summed E-state index contributed by atoms with van der Waals surface area (Å²) < 4.78 is 16.0. The summed E-state index contributed by atoms with van der Waals surface area (Å²) in [5, 5.41) is 0. The second-order valence-electron chi connectivity index (χ2n) is 5.71. The van der Waals surface area contributed by atoms with E-state index in [0.717, 1.165) is 11.3 Å². The molecule has 0 aliphatic heterocycles. The SMILES string of the molecule is CCOC(=O)CCCOc1ccc(C(C)C(OCCCl)C(C)=O)cc1. The van der Waals surface area contributed by atoms with Gasteiger partial charge in [-0.15, -0.1) is 11.6 Å². The lowest BCUT2D eigenvalue weighted by molar-refractivity contribution is -0.143. The lowest BCUT2D eigenvalue weighted by Gasteiger charge is -2.22. The summed E-state index contributed by atoms with van der Waals surface area (Å²) in [5.41, 5.74) is 0.994. The normalized spacial score (nSPS) is 13.1. The fourth-order valence-electron chi connectivity index (χ4n) is 2.47. The second-order valence-corrected chi connectivity index (χ2v) is 6.08. The smallest absolute Gasteiger partial charge is 0.305 e. The van der Waals surface area contributed by atoms with Crippen LogP contribution in [0.2, 0.25) is 0 Å². The van der Waals surface area contributed by atoms with Gasteiger partial charge in [0, 0.05) is 18.2 Å². The second kappa shape index (κ2) is 11.9. The monoisotopic (exact) mass is 370 g/mol. The first-order valence-corrected chi connectivity index (χ1v) is 9.09. The van der Waals surface area contributed by atoms with Gasteiger partial charge in [0.15, 0.2) is 5.78 Å². The topological polar surface area (TPSA) is 61.8 Å². The van der Waals surface area contributed by atoms with E-state index in [2.05, 4.69) is 0 Å². The van der Waals surface area contributed by atoms with Crippen LogP contribution in [0.3, 0.4) is 0 Å². The number of carbonyl (C=O) groups excluding carboxylic acids is 2. The van der Waals surface area contributed by atoms with Crippen molar-refractivity contribution in [2.75, 3.05) is 25.7 Å². The Morgan fingerprint density at radius 1 is 1.16 bits per heavy atom. The minimum absolute atomic E-state index is 0.0168. The largest absolute Gasteiger partial charge is 0.494 e. The number of rotatable bonds is 12. The summed E-state index contributed by atoms with van der Waals surface area (Å²) in [5.74, 6) is 0.786. The molecule has 0 aliphatic carbocycles. The molecule has 0 heterocycles. The van der Waals surface area contributed by atoms with Gasteiger partial charge in [-0.1, -0.05) is 19.1 Å². The number of halogens is 1. The summed E-state index contributed by atoms with van der Waals surface area (Å²) in [6.07, 6.45) is 0.451. The number of esters is 1. The lowest BCUT2D eigenvalue weighted by atomic mass is 9.93. The van der Waals surface area contributed by atoms with Crippen molar-refractivity contribution >= 4 is 23.4 Å². The van der Waals surface area contributed by atoms with E-state index in [1.165, 1.54) is 6.92 Å². The fourth-order valence-corrected chi connectivity index (χ4v) is 2.56. The molecule has 1 aromatic carbocycles. The van der Waals surface area contributed by atoms with E-state index >= 15 is 0 Å². The van der Waals surface area contributed by atoms with Gasteiger partial charge >= 0.3 is 5.97 Å². The molecule has 0 N–H and O–H groups in total. The third-order valence-corrected chi connectivity index (χ3v) is 3.89. The molecule has 0 bridgehead atoms. The number of ether oxygens (including phenoxy) is 3. The zero-order valence-corrected chi connectivity index (χ0v) is 15.9. The number of hydrogen-bond donors (Lipinski definition) is 0. The van der Waals surface area contributed by atoms with Crippen molar-refractivity contribution in [1.82, 2.24) is 0 Å². The van der Waals surface area contributed by atoms with E-state index in [-0.39, 0.29) is 17.7 Å². The Labute approximate surface area is 154 Å². The van der Waals surface area contributed by atoms with Crippen LogP contribution in [0.5, 0.6) is 5.75 Å². The van der Waals surface area contributed by atoms with Crippen LogP contribution in [-0.4, -0.2) is 43.6 Å². The van der Waals surface area contributed by atoms with Crippen molar-refractivity contribution in [3.05, 3.63) is 29.8 Å². The van der Waals surface area contributed by atoms with Gasteiger partial charge in [0.25, 0.3) is 0 Å². The predicted molar refractivity (Wildman–Crippen MR) is 97.4 cm³/mol. The van der Waals surface area contributed by atoms with E-state index in [4.69, 9.17) is 25.8 Å². The molecule has 1 rings (SSSR count). The molecule has 0 amide bonds. The zero-order valence-electron chi connectivity index (χ0n) is 15.1. The average Bonchev–Trinajstić information content (AvgIpc) is 2.59.